The van der Waals surface area contributed by atoms with Gasteiger partial charge in [0, 0.05) is 12.5 Å². The lowest BCUT2D eigenvalue weighted by atomic mass is 10.1. The van der Waals surface area contributed by atoms with Crippen molar-refractivity contribution in [1.82, 2.24) is 10.6 Å². The third-order valence-corrected chi connectivity index (χ3v) is 2.88. The lowest BCUT2D eigenvalue weighted by molar-refractivity contribution is -0.124. The highest BCUT2D eigenvalue weighted by atomic mass is 35.5. The van der Waals surface area contributed by atoms with Crippen LogP contribution in [-0.4, -0.2) is 32.1 Å². The summed E-state index contributed by atoms with van der Waals surface area (Å²) in [5.41, 5.74) is 1.20. The van der Waals surface area contributed by atoms with Gasteiger partial charge in [-0.05, 0) is 33.0 Å². The van der Waals surface area contributed by atoms with E-state index in [9.17, 15) is 4.79 Å². The van der Waals surface area contributed by atoms with Crippen molar-refractivity contribution in [2.45, 2.75) is 26.9 Å². The Labute approximate surface area is 127 Å². The van der Waals surface area contributed by atoms with Gasteiger partial charge in [0.05, 0.1) is 6.54 Å². The molecule has 0 saturated heterocycles. The van der Waals surface area contributed by atoms with Crippen molar-refractivity contribution in [3.63, 3.8) is 0 Å². The average Bonchev–Trinajstić information content (AvgIpc) is 2.39. The van der Waals surface area contributed by atoms with Gasteiger partial charge < -0.3 is 15.4 Å². The van der Waals surface area contributed by atoms with Crippen LogP contribution in [0.4, 0.5) is 0 Å². The monoisotopic (exact) mass is 300 g/mol. The van der Waals surface area contributed by atoms with Gasteiger partial charge in [-0.2, -0.15) is 0 Å². The quantitative estimate of drug-likeness (QED) is 0.811. The molecule has 0 saturated carbocycles. The van der Waals surface area contributed by atoms with Crippen molar-refractivity contribution < 1.29 is 9.53 Å². The number of hydrogen-bond donors (Lipinski definition) is 2. The van der Waals surface area contributed by atoms with Gasteiger partial charge in [-0.3, -0.25) is 4.79 Å². The third-order valence-electron chi connectivity index (χ3n) is 2.88. The maximum atomic E-state index is 11.7. The van der Waals surface area contributed by atoms with E-state index in [-0.39, 0.29) is 30.3 Å². The predicted molar refractivity (Wildman–Crippen MR) is 84.6 cm³/mol. The summed E-state index contributed by atoms with van der Waals surface area (Å²) in [5.74, 6) is 0.848. The van der Waals surface area contributed by atoms with E-state index in [1.807, 2.05) is 52.1 Å². The minimum atomic E-state index is -0.0477. The van der Waals surface area contributed by atoms with Crippen LogP contribution in [0.15, 0.2) is 24.3 Å². The van der Waals surface area contributed by atoms with Gasteiger partial charge in [0.1, 0.15) is 11.9 Å². The van der Waals surface area contributed by atoms with Crippen molar-refractivity contribution in [3.05, 3.63) is 29.8 Å². The maximum Gasteiger partial charge on any atom is 0.224 e. The number of aryl methyl sites for hydroxylation is 1. The molecule has 2 atom stereocenters. The molecule has 0 radical (unpaired) electrons. The first-order valence-corrected chi connectivity index (χ1v) is 6.68. The van der Waals surface area contributed by atoms with Gasteiger partial charge in [-0.25, -0.2) is 0 Å². The van der Waals surface area contributed by atoms with E-state index in [0.29, 0.717) is 13.1 Å². The normalized spacial score (nSPS) is 13.0. The molecule has 0 aliphatic rings. The van der Waals surface area contributed by atoms with Crippen molar-refractivity contribution in [1.29, 1.82) is 0 Å². The highest BCUT2D eigenvalue weighted by Crippen LogP contribution is 2.12. The van der Waals surface area contributed by atoms with E-state index in [0.717, 1.165) is 5.75 Å². The fraction of sp³-hybridized carbons (Fsp3) is 0.533. The molecular formula is C15H25ClN2O2. The molecule has 2 unspecified atom stereocenters. The van der Waals surface area contributed by atoms with Crippen LogP contribution < -0.4 is 15.4 Å². The van der Waals surface area contributed by atoms with Crippen LogP contribution in [0.25, 0.3) is 0 Å². The van der Waals surface area contributed by atoms with E-state index in [1.165, 1.54) is 5.56 Å². The molecule has 1 aromatic carbocycles. The Morgan fingerprint density at radius 1 is 1.20 bits per heavy atom. The second-order valence-corrected chi connectivity index (χ2v) is 4.95. The molecule has 0 fully saturated rings. The smallest absolute Gasteiger partial charge is 0.224 e. The SMILES string of the molecule is CNCC(C)C(=O)NCC(C)Oc1ccc(C)cc1.Cl. The molecule has 1 amide bonds. The van der Waals surface area contributed by atoms with Gasteiger partial charge in [0.2, 0.25) is 5.91 Å². The molecule has 1 rings (SSSR count). The van der Waals surface area contributed by atoms with E-state index in [4.69, 9.17) is 4.74 Å². The highest BCUT2D eigenvalue weighted by molar-refractivity contribution is 5.85. The summed E-state index contributed by atoms with van der Waals surface area (Å²) in [6.07, 6.45) is -0.0477. The summed E-state index contributed by atoms with van der Waals surface area (Å²) in [6.45, 7) is 7.08. The first-order chi connectivity index (χ1) is 9.02. The topological polar surface area (TPSA) is 50.4 Å². The summed E-state index contributed by atoms with van der Waals surface area (Å²) < 4.78 is 5.73. The molecule has 5 heteroatoms. The van der Waals surface area contributed by atoms with E-state index in [2.05, 4.69) is 10.6 Å². The Hall–Kier alpha value is -1.26. The minimum absolute atomic E-state index is 0. The summed E-state index contributed by atoms with van der Waals surface area (Å²) in [6, 6.07) is 7.90. The third kappa shape index (κ3) is 6.78. The molecule has 1 aromatic rings. The van der Waals surface area contributed by atoms with Crippen LogP contribution in [-0.2, 0) is 4.79 Å². The molecule has 0 aliphatic carbocycles. The average molecular weight is 301 g/mol. The van der Waals surface area contributed by atoms with Crippen LogP contribution in [0, 0.1) is 12.8 Å². The largest absolute Gasteiger partial charge is 0.489 e. The van der Waals surface area contributed by atoms with Gasteiger partial charge in [-0.15, -0.1) is 12.4 Å². The van der Waals surface area contributed by atoms with Gasteiger partial charge in [0.15, 0.2) is 0 Å². The summed E-state index contributed by atoms with van der Waals surface area (Å²) in [7, 11) is 1.84. The van der Waals surface area contributed by atoms with E-state index >= 15 is 0 Å². The second-order valence-electron chi connectivity index (χ2n) is 4.95. The lowest BCUT2D eigenvalue weighted by Crippen LogP contribution is -2.39. The zero-order chi connectivity index (χ0) is 14.3. The summed E-state index contributed by atoms with van der Waals surface area (Å²) >= 11 is 0. The zero-order valence-corrected chi connectivity index (χ0v) is 13.4. The predicted octanol–water partition coefficient (Wildman–Crippen LogP) is 2.16. The number of hydrogen-bond acceptors (Lipinski definition) is 3. The number of carbonyl (C=O) groups excluding carboxylic acids is 1. The van der Waals surface area contributed by atoms with Crippen LogP contribution in [0.5, 0.6) is 5.75 Å². The lowest BCUT2D eigenvalue weighted by Gasteiger charge is -2.17. The molecule has 0 aliphatic heterocycles. The molecule has 0 bridgehead atoms. The Balaban J connectivity index is 0.00000361. The Bertz CT molecular complexity index is 395. The highest BCUT2D eigenvalue weighted by Gasteiger charge is 2.13. The number of nitrogens with one attached hydrogen (secondary N) is 2. The van der Waals surface area contributed by atoms with Crippen molar-refractivity contribution >= 4 is 18.3 Å². The standard InChI is InChI=1S/C15H24N2O2.ClH/c1-11-5-7-14(8-6-11)19-13(3)10-17-15(18)12(2)9-16-4;/h5-8,12-13,16H,9-10H2,1-4H3,(H,17,18);1H. The molecule has 0 spiro atoms. The van der Waals surface area contributed by atoms with Crippen molar-refractivity contribution in [2.24, 2.45) is 5.92 Å². The fourth-order valence-corrected chi connectivity index (χ4v) is 1.71. The fourth-order valence-electron chi connectivity index (χ4n) is 1.71. The molecule has 4 nitrogen and oxygen atoms in total. The Morgan fingerprint density at radius 2 is 1.80 bits per heavy atom. The molecule has 114 valence electrons. The first kappa shape index (κ1) is 18.7. The van der Waals surface area contributed by atoms with Gasteiger partial charge in [0.25, 0.3) is 0 Å². The minimum Gasteiger partial charge on any atom is -0.489 e. The maximum absolute atomic E-state index is 11.7. The van der Waals surface area contributed by atoms with Crippen LogP contribution >= 0.6 is 12.4 Å². The number of rotatable bonds is 7. The van der Waals surface area contributed by atoms with Crippen LogP contribution in [0.3, 0.4) is 0 Å². The van der Waals surface area contributed by atoms with Gasteiger partial charge in [-0.1, -0.05) is 24.6 Å². The van der Waals surface area contributed by atoms with Crippen molar-refractivity contribution in [2.75, 3.05) is 20.1 Å². The molecular weight excluding hydrogens is 276 g/mol. The molecule has 2 N–H and O–H groups in total. The zero-order valence-electron chi connectivity index (χ0n) is 12.6. The van der Waals surface area contributed by atoms with Crippen LogP contribution in [0.2, 0.25) is 0 Å². The first-order valence-electron chi connectivity index (χ1n) is 6.68. The van der Waals surface area contributed by atoms with E-state index in [1.54, 1.807) is 0 Å². The van der Waals surface area contributed by atoms with E-state index < -0.39 is 0 Å². The number of amides is 1. The summed E-state index contributed by atoms with van der Waals surface area (Å²) in [5, 5.41) is 5.88. The Morgan fingerprint density at radius 3 is 2.35 bits per heavy atom. The van der Waals surface area contributed by atoms with Gasteiger partial charge >= 0.3 is 0 Å². The number of halogens is 1. The summed E-state index contributed by atoms with van der Waals surface area (Å²) in [4.78, 5) is 11.7. The van der Waals surface area contributed by atoms with Crippen molar-refractivity contribution in [3.8, 4) is 5.75 Å². The molecule has 0 aromatic heterocycles. The molecule has 20 heavy (non-hydrogen) atoms. The Kier molecular flexibility index (Phi) is 9.01. The molecule has 0 heterocycles. The number of benzene rings is 1. The number of ether oxygens (including phenoxy) is 1. The second kappa shape index (κ2) is 9.61. The number of carbonyl (C=O) groups is 1. The van der Waals surface area contributed by atoms with Crippen LogP contribution in [0.1, 0.15) is 19.4 Å².